The molecule has 84 valence electrons. The number of ether oxygens (including phenoxy) is 1. The number of nitrogens with one attached hydrogen (secondary N) is 1. The van der Waals surface area contributed by atoms with E-state index in [0.29, 0.717) is 11.3 Å². The van der Waals surface area contributed by atoms with Gasteiger partial charge in [-0.15, -0.1) is 0 Å². The number of rotatable bonds is 2. The Kier molecular flexibility index (Phi) is 3.19. The SMILES string of the molecule is CCC1=C(SC)Oc2ccccc2C(=O)N1. The van der Waals surface area contributed by atoms with Crippen LogP contribution in [-0.2, 0) is 0 Å². The monoisotopic (exact) mass is 235 g/mol. The second kappa shape index (κ2) is 4.61. The third kappa shape index (κ3) is 1.93. The summed E-state index contributed by atoms with van der Waals surface area (Å²) in [5.41, 5.74) is 1.42. The van der Waals surface area contributed by atoms with Crippen molar-refractivity contribution < 1.29 is 9.53 Å². The van der Waals surface area contributed by atoms with Crippen molar-refractivity contribution in [3.63, 3.8) is 0 Å². The average Bonchev–Trinajstić information content (AvgIpc) is 2.46. The molecule has 4 heteroatoms. The fourth-order valence-corrected chi connectivity index (χ4v) is 2.17. The van der Waals surface area contributed by atoms with E-state index < -0.39 is 0 Å². The number of fused-ring (bicyclic) bond motifs is 1. The van der Waals surface area contributed by atoms with Gasteiger partial charge in [-0.05, 0) is 24.8 Å². The van der Waals surface area contributed by atoms with Gasteiger partial charge in [0.25, 0.3) is 5.91 Å². The minimum atomic E-state index is -0.100. The number of carbonyl (C=O) groups excluding carboxylic acids is 1. The molecule has 1 N–H and O–H groups in total. The van der Waals surface area contributed by atoms with E-state index in [1.807, 2.05) is 31.4 Å². The fraction of sp³-hybridized carbons (Fsp3) is 0.250. The highest BCUT2D eigenvalue weighted by Gasteiger charge is 2.20. The van der Waals surface area contributed by atoms with Crippen molar-refractivity contribution in [3.05, 3.63) is 40.6 Å². The van der Waals surface area contributed by atoms with Crippen LogP contribution in [0.2, 0.25) is 0 Å². The molecule has 0 unspecified atom stereocenters. The van der Waals surface area contributed by atoms with Gasteiger partial charge in [-0.1, -0.05) is 30.8 Å². The van der Waals surface area contributed by atoms with Crippen LogP contribution in [0.25, 0.3) is 0 Å². The van der Waals surface area contributed by atoms with E-state index in [2.05, 4.69) is 5.32 Å². The van der Waals surface area contributed by atoms with Crippen molar-refractivity contribution in [1.82, 2.24) is 5.32 Å². The predicted molar refractivity (Wildman–Crippen MR) is 65.4 cm³/mol. The molecule has 1 aliphatic heterocycles. The molecule has 0 radical (unpaired) electrons. The molecule has 0 aromatic heterocycles. The average molecular weight is 235 g/mol. The lowest BCUT2D eigenvalue weighted by atomic mass is 10.2. The van der Waals surface area contributed by atoms with Crippen molar-refractivity contribution in [1.29, 1.82) is 0 Å². The Bertz CT molecular complexity index is 454. The molecule has 1 aliphatic rings. The predicted octanol–water partition coefficient (Wildman–Crippen LogP) is 2.75. The number of benzene rings is 1. The molecule has 0 bridgehead atoms. The van der Waals surface area contributed by atoms with Gasteiger partial charge in [-0.2, -0.15) is 0 Å². The van der Waals surface area contributed by atoms with Crippen LogP contribution in [0, 0.1) is 0 Å². The van der Waals surface area contributed by atoms with Crippen LogP contribution in [0.15, 0.2) is 35.1 Å². The molecular weight excluding hydrogens is 222 g/mol. The minimum absolute atomic E-state index is 0.100. The Morgan fingerprint density at radius 1 is 1.38 bits per heavy atom. The molecule has 0 fully saturated rings. The van der Waals surface area contributed by atoms with Crippen molar-refractivity contribution >= 4 is 17.7 Å². The minimum Gasteiger partial charge on any atom is -0.448 e. The lowest BCUT2D eigenvalue weighted by molar-refractivity contribution is 0.0965. The number of para-hydroxylation sites is 1. The maximum atomic E-state index is 11.9. The van der Waals surface area contributed by atoms with Crippen molar-refractivity contribution in [2.45, 2.75) is 13.3 Å². The zero-order valence-corrected chi connectivity index (χ0v) is 10.1. The van der Waals surface area contributed by atoms with Gasteiger partial charge in [0, 0.05) is 0 Å². The molecule has 1 amide bonds. The van der Waals surface area contributed by atoms with Gasteiger partial charge in [0.05, 0.1) is 11.3 Å². The summed E-state index contributed by atoms with van der Waals surface area (Å²) in [5, 5.41) is 3.65. The number of carbonyl (C=O) groups is 1. The largest absolute Gasteiger partial charge is 0.448 e. The van der Waals surface area contributed by atoms with E-state index >= 15 is 0 Å². The molecule has 0 aliphatic carbocycles. The third-order valence-electron chi connectivity index (χ3n) is 2.38. The summed E-state index contributed by atoms with van der Waals surface area (Å²) in [6.07, 6.45) is 2.68. The Morgan fingerprint density at radius 2 is 2.12 bits per heavy atom. The Labute approximate surface area is 98.9 Å². The highest BCUT2D eigenvalue weighted by Crippen LogP contribution is 2.29. The normalized spacial score (nSPS) is 15.0. The first-order chi connectivity index (χ1) is 7.76. The number of allylic oxidation sites excluding steroid dienone is 1. The van der Waals surface area contributed by atoms with E-state index in [-0.39, 0.29) is 5.91 Å². The van der Waals surface area contributed by atoms with Crippen LogP contribution in [0.3, 0.4) is 0 Å². The lowest BCUT2D eigenvalue weighted by Crippen LogP contribution is -2.21. The Hall–Kier alpha value is -1.42. The van der Waals surface area contributed by atoms with Crippen LogP contribution >= 0.6 is 11.8 Å². The summed E-state index contributed by atoms with van der Waals surface area (Å²) < 4.78 is 5.74. The molecule has 0 saturated carbocycles. The standard InChI is InChI=1S/C12H13NO2S/c1-3-9-12(16-2)15-10-7-5-4-6-8(10)11(14)13-9/h4-7H,3H2,1-2H3,(H,13,14). The zero-order valence-electron chi connectivity index (χ0n) is 9.24. The maximum Gasteiger partial charge on any atom is 0.259 e. The summed E-state index contributed by atoms with van der Waals surface area (Å²) in [6.45, 7) is 1.99. The highest BCUT2D eigenvalue weighted by atomic mass is 32.2. The van der Waals surface area contributed by atoms with Crippen molar-refractivity contribution in [2.75, 3.05) is 6.26 Å². The topological polar surface area (TPSA) is 38.3 Å². The molecule has 3 nitrogen and oxygen atoms in total. The van der Waals surface area contributed by atoms with Crippen molar-refractivity contribution in [3.8, 4) is 5.75 Å². The summed E-state index contributed by atoms with van der Waals surface area (Å²) in [7, 11) is 0. The molecule has 1 aromatic rings. The van der Waals surface area contributed by atoms with Gasteiger partial charge >= 0.3 is 0 Å². The fourth-order valence-electron chi connectivity index (χ4n) is 1.56. The molecule has 0 atom stereocenters. The van der Waals surface area contributed by atoms with Gasteiger partial charge in [-0.3, -0.25) is 4.79 Å². The van der Waals surface area contributed by atoms with E-state index in [9.17, 15) is 4.79 Å². The quantitative estimate of drug-likeness (QED) is 0.856. The molecular formula is C12H13NO2S. The smallest absolute Gasteiger partial charge is 0.259 e. The first kappa shape index (κ1) is 11.1. The highest BCUT2D eigenvalue weighted by molar-refractivity contribution is 8.02. The van der Waals surface area contributed by atoms with Crippen LogP contribution in [0.1, 0.15) is 23.7 Å². The van der Waals surface area contributed by atoms with Crippen LogP contribution in [-0.4, -0.2) is 12.2 Å². The Morgan fingerprint density at radius 3 is 2.81 bits per heavy atom. The number of thioether (sulfide) groups is 1. The van der Waals surface area contributed by atoms with Gasteiger partial charge in [0.2, 0.25) is 0 Å². The number of hydrogen-bond acceptors (Lipinski definition) is 3. The van der Waals surface area contributed by atoms with Gasteiger partial charge in [0.1, 0.15) is 5.75 Å². The number of hydrogen-bond donors (Lipinski definition) is 1. The second-order valence-electron chi connectivity index (χ2n) is 3.38. The van der Waals surface area contributed by atoms with Crippen LogP contribution in [0.4, 0.5) is 0 Å². The molecule has 1 aromatic carbocycles. The van der Waals surface area contributed by atoms with Crippen molar-refractivity contribution in [2.24, 2.45) is 0 Å². The van der Waals surface area contributed by atoms with Gasteiger partial charge in [0.15, 0.2) is 5.09 Å². The molecule has 2 rings (SSSR count). The lowest BCUT2D eigenvalue weighted by Gasteiger charge is -2.09. The first-order valence-electron chi connectivity index (χ1n) is 5.11. The summed E-state index contributed by atoms with van der Waals surface area (Å²) >= 11 is 1.50. The summed E-state index contributed by atoms with van der Waals surface area (Å²) in [6, 6.07) is 7.27. The zero-order chi connectivity index (χ0) is 11.5. The van der Waals surface area contributed by atoms with E-state index in [0.717, 1.165) is 17.2 Å². The number of amides is 1. The van der Waals surface area contributed by atoms with E-state index in [4.69, 9.17) is 4.74 Å². The van der Waals surface area contributed by atoms with E-state index in [1.165, 1.54) is 11.8 Å². The first-order valence-corrected chi connectivity index (χ1v) is 6.34. The Balaban J connectivity index is 2.47. The third-order valence-corrected chi connectivity index (χ3v) is 3.08. The molecule has 1 heterocycles. The van der Waals surface area contributed by atoms with E-state index in [1.54, 1.807) is 6.07 Å². The maximum absolute atomic E-state index is 11.9. The van der Waals surface area contributed by atoms with Gasteiger partial charge < -0.3 is 10.1 Å². The molecule has 0 saturated heterocycles. The van der Waals surface area contributed by atoms with Gasteiger partial charge in [-0.25, -0.2) is 0 Å². The summed E-state index contributed by atoms with van der Waals surface area (Å²) in [5.74, 6) is 0.518. The van der Waals surface area contributed by atoms with Crippen LogP contribution in [0.5, 0.6) is 5.75 Å². The second-order valence-corrected chi connectivity index (χ2v) is 4.16. The molecule has 0 spiro atoms. The van der Waals surface area contributed by atoms with Crippen LogP contribution < -0.4 is 10.1 Å². The summed E-state index contributed by atoms with van der Waals surface area (Å²) in [4.78, 5) is 11.9. The molecule has 16 heavy (non-hydrogen) atoms.